The molecular weight excluding hydrogens is 471 g/mol. The van der Waals surface area contributed by atoms with Crippen LogP contribution in [0.4, 0.5) is 13.2 Å². The fraction of sp³-hybridized carbons (Fsp3) is 0.481. The van der Waals surface area contributed by atoms with Gasteiger partial charge in [0, 0.05) is 51.5 Å². The van der Waals surface area contributed by atoms with E-state index in [4.69, 9.17) is 4.74 Å². The lowest BCUT2D eigenvalue weighted by Crippen LogP contribution is -2.37. The van der Waals surface area contributed by atoms with Crippen LogP contribution in [0.15, 0.2) is 42.5 Å². The summed E-state index contributed by atoms with van der Waals surface area (Å²) in [4.78, 5) is 29.3. The van der Waals surface area contributed by atoms with Crippen LogP contribution in [-0.2, 0) is 9.53 Å². The molecule has 36 heavy (non-hydrogen) atoms. The highest BCUT2D eigenvalue weighted by Gasteiger charge is 2.42. The summed E-state index contributed by atoms with van der Waals surface area (Å²) in [6.45, 7) is 4.23. The van der Waals surface area contributed by atoms with Gasteiger partial charge in [-0.3, -0.25) is 9.59 Å². The number of carbonyl (C=O) groups excluding carboxylic acids is 2. The van der Waals surface area contributed by atoms with Crippen molar-refractivity contribution in [1.82, 2.24) is 15.1 Å². The molecule has 9 heteroatoms. The molecule has 0 aliphatic carbocycles. The van der Waals surface area contributed by atoms with Crippen LogP contribution in [-0.4, -0.2) is 67.6 Å². The van der Waals surface area contributed by atoms with Gasteiger partial charge in [0.15, 0.2) is 0 Å². The number of amides is 2. The smallest absolute Gasteiger partial charge is 0.259 e. The fourth-order valence-corrected chi connectivity index (χ4v) is 5.69. The fourth-order valence-electron chi connectivity index (χ4n) is 5.69. The minimum atomic E-state index is -1.17. The second-order valence-electron chi connectivity index (χ2n) is 10.1. The van der Waals surface area contributed by atoms with Crippen molar-refractivity contribution < 1.29 is 27.5 Å². The van der Waals surface area contributed by atoms with E-state index in [0.717, 1.165) is 38.0 Å². The number of hydrogen-bond donors (Lipinski definition) is 1. The number of hydrogen-bond acceptors (Lipinski definition) is 4. The Morgan fingerprint density at radius 3 is 2.28 bits per heavy atom. The van der Waals surface area contributed by atoms with Crippen LogP contribution in [0.2, 0.25) is 0 Å². The zero-order valence-electron chi connectivity index (χ0n) is 20.0. The second-order valence-corrected chi connectivity index (χ2v) is 10.1. The average molecular weight is 502 g/mol. The molecule has 3 aliphatic heterocycles. The lowest BCUT2D eigenvalue weighted by molar-refractivity contribution is -0.125. The highest BCUT2D eigenvalue weighted by atomic mass is 19.1. The molecule has 3 fully saturated rings. The first-order chi connectivity index (χ1) is 17.4. The lowest BCUT2D eigenvalue weighted by atomic mass is 10.0. The highest BCUT2D eigenvalue weighted by Crippen LogP contribution is 2.33. The average Bonchev–Trinajstić information content (AvgIpc) is 3.58. The van der Waals surface area contributed by atoms with E-state index in [1.54, 1.807) is 0 Å². The largest absolute Gasteiger partial charge is 0.381 e. The van der Waals surface area contributed by atoms with Gasteiger partial charge in [-0.2, -0.15) is 0 Å². The number of likely N-dealkylation sites (tertiary alicyclic amines) is 2. The van der Waals surface area contributed by atoms with Crippen molar-refractivity contribution in [3.63, 3.8) is 0 Å². The van der Waals surface area contributed by atoms with E-state index in [0.29, 0.717) is 38.4 Å². The number of rotatable bonds is 7. The molecule has 3 unspecified atom stereocenters. The van der Waals surface area contributed by atoms with Crippen LogP contribution in [0.5, 0.6) is 0 Å². The maximum absolute atomic E-state index is 14.1. The molecule has 1 N–H and O–H groups in total. The normalized spacial score (nSPS) is 24.6. The molecular formula is C27H30F3N3O3. The summed E-state index contributed by atoms with van der Waals surface area (Å²) < 4.78 is 46.8. The molecule has 192 valence electrons. The molecule has 3 saturated heterocycles. The Labute approximate surface area is 208 Å². The van der Waals surface area contributed by atoms with Gasteiger partial charge >= 0.3 is 0 Å². The Hall–Kier alpha value is -2.91. The molecule has 0 saturated carbocycles. The second kappa shape index (κ2) is 10.6. The van der Waals surface area contributed by atoms with Gasteiger partial charge in [-0.05, 0) is 30.2 Å². The SMILES string of the molecule is O=C(NC(CCN1CC2CN(C(=O)c3c(F)cc(F)cc3F)C[C@@H]2C1)c1ccccc1)C1CCOC1. The van der Waals surface area contributed by atoms with Crippen molar-refractivity contribution in [2.24, 2.45) is 17.8 Å². The third-order valence-electron chi connectivity index (χ3n) is 7.62. The van der Waals surface area contributed by atoms with Gasteiger partial charge < -0.3 is 19.9 Å². The predicted molar refractivity (Wildman–Crippen MR) is 127 cm³/mol. The van der Waals surface area contributed by atoms with Crippen molar-refractivity contribution in [1.29, 1.82) is 0 Å². The first-order valence-corrected chi connectivity index (χ1v) is 12.5. The molecule has 5 rings (SSSR count). The Bertz CT molecular complexity index is 1070. The summed E-state index contributed by atoms with van der Waals surface area (Å²) in [6, 6.07) is 10.9. The molecule has 3 heterocycles. The molecule has 0 spiro atoms. The minimum Gasteiger partial charge on any atom is -0.381 e. The van der Waals surface area contributed by atoms with E-state index >= 15 is 0 Å². The van der Waals surface area contributed by atoms with Crippen molar-refractivity contribution in [3.05, 3.63) is 71.0 Å². The Kier molecular flexibility index (Phi) is 7.29. The van der Waals surface area contributed by atoms with Gasteiger partial charge in [0.1, 0.15) is 23.0 Å². The van der Waals surface area contributed by atoms with Gasteiger partial charge in [-0.25, -0.2) is 13.2 Å². The standard InChI is InChI=1S/C27H30F3N3O3/c28-21-10-22(29)25(23(30)11-21)27(35)33-14-19-12-32(13-20(19)15-33)8-6-24(17-4-2-1-3-5-17)31-26(34)18-7-9-36-16-18/h1-5,10-11,18-20,24H,6-9,12-16H2,(H,31,34)/t18?,19-,20?,24?/m0/s1. The van der Waals surface area contributed by atoms with Crippen LogP contribution in [0.1, 0.15) is 34.8 Å². The Morgan fingerprint density at radius 1 is 1.00 bits per heavy atom. The van der Waals surface area contributed by atoms with Crippen molar-refractivity contribution in [3.8, 4) is 0 Å². The number of benzene rings is 2. The zero-order chi connectivity index (χ0) is 25.2. The van der Waals surface area contributed by atoms with E-state index in [1.807, 2.05) is 30.3 Å². The predicted octanol–water partition coefficient (Wildman–Crippen LogP) is 3.39. The van der Waals surface area contributed by atoms with Gasteiger partial charge in [-0.15, -0.1) is 0 Å². The lowest BCUT2D eigenvalue weighted by Gasteiger charge is -2.25. The quantitative estimate of drug-likeness (QED) is 0.632. The van der Waals surface area contributed by atoms with Crippen LogP contribution in [0.3, 0.4) is 0 Å². The van der Waals surface area contributed by atoms with E-state index < -0.39 is 28.9 Å². The van der Waals surface area contributed by atoms with Crippen molar-refractivity contribution >= 4 is 11.8 Å². The minimum absolute atomic E-state index is 0.0223. The summed E-state index contributed by atoms with van der Waals surface area (Å²) in [5, 5.41) is 3.21. The molecule has 2 aromatic carbocycles. The van der Waals surface area contributed by atoms with Crippen molar-refractivity contribution in [2.45, 2.75) is 18.9 Å². The van der Waals surface area contributed by atoms with E-state index in [2.05, 4.69) is 10.2 Å². The Balaban J connectivity index is 1.17. The van der Waals surface area contributed by atoms with Gasteiger partial charge in [0.05, 0.1) is 18.6 Å². The van der Waals surface area contributed by atoms with Crippen LogP contribution in [0, 0.1) is 35.2 Å². The van der Waals surface area contributed by atoms with Crippen LogP contribution >= 0.6 is 0 Å². The number of fused-ring (bicyclic) bond motifs is 1. The van der Waals surface area contributed by atoms with E-state index in [-0.39, 0.29) is 29.7 Å². The molecule has 3 aliphatic rings. The monoisotopic (exact) mass is 501 g/mol. The summed E-state index contributed by atoms with van der Waals surface area (Å²) in [6.07, 6.45) is 1.49. The summed E-state index contributed by atoms with van der Waals surface area (Å²) >= 11 is 0. The summed E-state index contributed by atoms with van der Waals surface area (Å²) in [5.41, 5.74) is 0.367. The number of halogens is 3. The number of nitrogens with zero attached hydrogens (tertiary/aromatic N) is 2. The van der Waals surface area contributed by atoms with E-state index in [9.17, 15) is 22.8 Å². The summed E-state index contributed by atoms with van der Waals surface area (Å²) in [7, 11) is 0. The first kappa shape index (κ1) is 24.8. The third kappa shape index (κ3) is 5.27. The zero-order valence-corrected chi connectivity index (χ0v) is 20.0. The molecule has 0 aromatic heterocycles. The number of carbonyl (C=O) groups is 2. The van der Waals surface area contributed by atoms with Gasteiger partial charge in [-0.1, -0.05) is 30.3 Å². The molecule has 0 bridgehead atoms. The topological polar surface area (TPSA) is 61.9 Å². The van der Waals surface area contributed by atoms with Crippen molar-refractivity contribution in [2.75, 3.05) is 45.9 Å². The molecule has 0 radical (unpaired) electrons. The van der Waals surface area contributed by atoms with Gasteiger partial charge in [0.2, 0.25) is 5.91 Å². The number of ether oxygens (including phenoxy) is 1. The van der Waals surface area contributed by atoms with E-state index in [1.165, 1.54) is 4.90 Å². The number of nitrogens with one attached hydrogen (secondary N) is 1. The maximum Gasteiger partial charge on any atom is 0.259 e. The third-order valence-corrected chi connectivity index (χ3v) is 7.62. The van der Waals surface area contributed by atoms with Crippen LogP contribution in [0.25, 0.3) is 0 Å². The highest BCUT2D eigenvalue weighted by molar-refractivity contribution is 5.95. The molecule has 2 aromatic rings. The maximum atomic E-state index is 14.1. The molecule has 4 atom stereocenters. The molecule has 2 amide bonds. The molecule has 6 nitrogen and oxygen atoms in total. The van der Waals surface area contributed by atoms with Gasteiger partial charge in [0.25, 0.3) is 5.91 Å². The van der Waals surface area contributed by atoms with Crippen LogP contribution < -0.4 is 5.32 Å². The Morgan fingerprint density at radius 2 is 1.67 bits per heavy atom. The first-order valence-electron chi connectivity index (χ1n) is 12.5. The summed E-state index contributed by atoms with van der Waals surface area (Å²) in [5.74, 6) is -3.79.